The van der Waals surface area contributed by atoms with Gasteiger partial charge in [-0.05, 0) is 24.3 Å². The Morgan fingerprint density at radius 2 is 1.93 bits per heavy atom. The van der Waals surface area contributed by atoms with Crippen molar-refractivity contribution < 1.29 is 13.2 Å². The van der Waals surface area contributed by atoms with Gasteiger partial charge in [0.2, 0.25) is 15.9 Å². The molecule has 1 aromatic heterocycles. The Balaban J connectivity index is 1.65. The van der Waals surface area contributed by atoms with E-state index in [9.17, 15) is 13.2 Å². The van der Waals surface area contributed by atoms with Crippen LogP contribution in [0.2, 0.25) is 0 Å². The number of para-hydroxylation sites is 1. The molecule has 0 bridgehead atoms. The second-order valence-corrected chi connectivity index (χ2v) is 8.61. The van der Waals surface area contributed by atoms with Crippen molar-refractivity contribution in [2.45, 2.75) is 11.4 Å². The molecule has 0 unspecified atom stereocenters. The van der Waals surface area contributed by atoms with Crippen LogP contribution >= 0.6 is 11.3 Å². The van der Waals surface area contributed by atoms with Gasteiger partial charge in [0.25, 0.3) is 0 Å². The average Bonchev–Trinajstić information content (AvgIpc) is 3.08. The zero-order valence-electron chi connectivity index (χ0n) is 14.4. The minimum absolute atomic E-state index is 0.0280. The normalized spacial score (nSPS) is 11.3. The number of thiazole rings is 1. The molecule has 2 aromatic carbocycles. The molecule has 0 saturated carbocycles. The van der Waals surface area contributed by atoms with E-state index in [1.165, 1.54) is 34.4 Å². The summed E-state index contributed by atoms with van der Waals surface area (Å²) in [6.45, 7) is -0.113. The summed E-state index contributed by atoms with van der Waals surface area (Å²) >= 11 is 1.49. The van der Waals surface area contributed by atoms with Crippen molar-refractivity contribution in [1.29, 1.82) is 5.26 Å². The molecule has 0 aliphatic heterocycles. The molecular weight excluding hydrogens is 384 g/mol. The SMILES string of the molecule is CN(Cc1nc2ccccc2s1)C(=O)CNS(=O)(=O)c1ccccc1C#N. The van der Waals surface area contributed by atoms with E-state index in [1.807, 2.05) is 30.3 Å². The first kappa shape index (κ1) is 19.0. The molecule has 0 fully saturated rings. The van der Waals surface area contributed by atoms with Crippen molar-refractivity contribution in [2.24, 2.45) is 0 Å². The summed E-state index contributed by atoms with van der Waals surface area (Å²) in [5, 5.41) is 9.82. The number of amides is 1. The van der Waals surface area contributed by atoms with E-state index in [-0.39, 0.29) is 17.0 Å². The van der Waals surface area contributed by atoms with Gasteiger partial charge in [-0.3, -0.25) is 4.79 Å². The molecular formula is C18H16N4O3S2. The molecule has 3 rings (SSSR count). The summed E-state index contributed by atoms with van der Waals surface area (Å²) < 4.78 is 28.0. The molecule has 7 nitrogen and oxygen atoms in total. The number of fused-ring (bicyclic) bond motifs is 1. The Morgan fingerprint density at radius 1 is 1.22 bits per heavy atom. The van der Waals surface area contributed by atoms with E-state index < -0.39 is 22.5 Å². The smallest absolute Gasteiger partial charge is 0.242 e. The van der Waals surface area contributed by atoms with Gasteiger partial charge >= 0.3 is 0 Å². The van der Waals surface area contributed by atoms with Crippen LogP contribution in [0, 0.1) is 11.3 Å². The molecule has 0 saturated heterocycles. The number of carbonyl (C=O) groups excluding carboxylic acids is 1. The summed E-state index contributed by atoms with van der Waals surface area (Å²) in [5.41, 5.74) is 0.896. The minimum Gasteiger partial charge on any atom is -0.338 e. The van der Waals surface area contributed by atoms with Crippen LogP contribution in [-0.4, -0.2) is 37.8 Å². The Morgan fingerprint density at radius 3 is 2.67 bits per heavy atom. The first-order valence-corrected chi connectivity index (χ1v) is 10.3. The average molecular weight is 400 g/mol. The number of hydrogen-bond donors (Lipinski definition) is 1. The van der Waals surface area contributed by atoms with Crippen molar-refractivity contribution in [3.05, 3.63) is 59.1 Å². The zero-order valence-corrected chi connectivity index (χ0v) is 16.0. The number of benzene rings is 2. The lowest BCUT2D eigenvalue weighted by Gasteiger charge is -2.16. The van der Waals surface area contributed by atoms with Crippen LogP contribution in [0.1, 0.15) is 10.6 Å². The number of sulfonamides is 1. The van der Waals surface area contributed by atoms with Crippen LogP contribution in [-0.2, 0) is 21.4 Å². The van der Waals surface area contributed by atoms with Crippen molar-refractivity contribution in [3.63, 3.8) is 0 Å². The fourth-order valence-corrected chi connectivity index (χ4v) is 4.59. The Kier molecular flexibility index (Phi) is 5.51. The number of nitrogens with zero attached hydrogens (tertiary/aromatic N) is 3. The molecule has 27 heavy (non-hydrogen) atoms. The maximum atomic E-state index is 12.4. The maximum absolute atomic E-state index is 12.4. The third-order valence-corrected chi connectivity index (χ3v) is 6.33. The third-order valence-electron chi connectivity index (χ3n) is 3.85. The predicted molar refractivity (Wildman–Crippen MR) is 102 cm³/mol. The molecule has 1 N–H and O–H groups in total. The number of aromatic nitrogens is 1. The highest BCUT2D eigenvalue weighted by molar-refractivity contribution is 7.89. The number of hydrogen-bond acceptors (Lipinski definition) is 6. The molecule has 0 spiro atoms. The van der Waals surface area contributed by atoms with E-state index in [2.05, 4.69) is 9.71 Å². The molecule has 3 aromatic rings. The van der Waals surface area contributed by atoms with Crippen molar-refractivity contribution >= 4 is 37.5 Å². The fraction of sp³-hybridized carbons (Fsp3) is 0.167. The molecule has 1 amide bonds. The fourth-order valence-electron chi connectivity index (χ4n) is 2.44. The standard InChI is InChI=1S/C18H16N4O3S2/c1-22(12-17-21-14-7-3-4-8-15(14)26-17)18(23)11-20-27(24,25)16-9-5-2-6-13(16)10-19/h2-9,20H,11-12H2,1H3. The molecule has 9 heteroatoms. The highest BCUT2D eigenvalue weighted by Gasteiger charge is 2.20. The highest BCUT2D eigenvalue weighted by atomic mass is 32.2. The summed E-state index contributed by atoms with van der Waals surface area (Å²) in [6, 6.07) is 15.4. The van der Waals surface area contributed by atoms with E-state index >= 15 is 0 Å². The van der Waals surface area contributed by atoms with Gasteiger partial charge < -0.3 is 4.90 Å². The van der Waals surface area contributed by atoms with Gasteiger partial charge in [-0.2, -0.15) is 5.26 Å². The largest absolute Gasteiger partial charge is 0.338 e. The van der Waals surface area contributed by atoms with Gasteiger partial charge in [-0.15, -0.1) is 11.3 Å². The number of nitrogens with one attached hydrogen (secondary N) is 1. The van der Waals surface area contributed by atoms with Crippen LogP contribution in [0.25, 0.3) is 10.2 Å². The third kappa shape index (κ3) is 4.31. The Hall–Kier alpha value is -2.80. The van der Waals surface area contributed by atoms with Crippen LogP contribution in [0.5, 0.6) is 0 Å². The number of likely N-dealkylation sites (N-methyl/N-ethyl adjacent to an activating group) is 1. The van der Waals surface area contributed by atoms with Gasteiger partial charge in [0, 0.05) is 7.05 Å². The minimum atomic E-state index is -3.96. The van der Waals surface area contributed by atoms with Gasteiger partial charge in [0.05, 0.1) is 33.8 Å². The molecule has 138 valence electrons. The monoisotopic (exact) mass is 400 g/mol. The maximum Gasteiger partial charge on any atom is 0.242 e. The summed E-state index contributed by atoms with van der Waals surface area (Å²) in [7, 11) is -2.37. The first-order chi connectivity index (χ1) is 12.9. The van der Waals surface area contributed by atoms with Crippen LogP contribution in [0.3, 0.4) is 0 Å². The predicted octanol–water partition coefficient (Wildman–Crippen LogP) is 2.10. The molecule has 0 atom stereocenters. The van der Waals surface area contributed by atoms with Crippen molar-refractivity contribution in [1.82, 2.24) is 14.6 Å². The lowest BCUT2D eigenvalue weighted by atomic mass is 10.2. The number of carbonyl (C=O) groups is 1. The van der Waals surface area contributed by atoms with E-state index in [1.54, 1.807) is 13.1 Å². The second-order valence-electron chi connectivity index (χ2n) is 5.76. The quantitative estimate of drug-likeness (QED) is 0.682. The van der Waals surface area contributed by atoms with Crippen LogP contribution in [0.4, 0.5) is 0 Å². The topological polar surface area (TPSA) is 103 Å². The second kappa shape index (κ2) is 7.84. The molecule has 0 aliphatic carbocycles. The molecule has 0 radical (unpaired) electrons. The number of rotatable bonds is 6. The summed E-state index contributed by atoms with van der Waals surface area (Å²) in [6.07, 6.45) is 0. The lowest BCUT2D eigenvalue weighted by molar-refractivity contribution is -0.129. The molecule has 0 aliphatic rings. The van der Waals surface area contributed by atoms with Gasteiger partial charge in [-0.25, -0.2) is 18.1 Å². The van der Waals surface area contributed by atoms with Gasteiger partial charge in [0.1, 0.15) is 11.1 Å². The van der Waals surface area contributed by atoms with Gasteiger partial charge in [0.15, 0.2) is 0 Å². The Bertz CT molecular complexity index is 1100. The number of nitriles is 1. The summed E-state index contributed by atoms with van der Waals surface area (Å²) in [4.78, 5) is 18.0. The summed E-state index contributed by atoms with van der Waals surface area (Å²) in [5.74, 6) is -0.396. The van der Waals surface area contributed by atoms with Crippen LogP contribution < -0.4 is 4.72 Å². The van der Waals surface area contributed by atoms with Gasteiger partial charge in [-0.1, -0.05) is 24.3 Å². The first-order valence-electron chi connectivity index (χ1n) is 7.98. The Labute approximate surface area is 160 Å². The lowest BCUT2D eigenvalue weighted by Crippen LogP contribution is -2.38. The zero-order chi connectivity index (χ0) is 19.4. The highest BCUT2D eigenvalue weighted by Crippen LogP contribution is 2.22. The van der Waals surface area contributed by atoms with E-state index in [0.717, 1.165) is 15.2 Å². The van der Waals surface area contributed by atoms with E-state index in [0.29, 0.717) is 0 Å². The van der Waals surface area contributed by atoms with Crippen molar-refractivity contribution in [2.75, 3.05) is 13.6 Å². The molecule has 1 heterocycles. The van der Waals surface area contributed by atoms with Crippen LogP contribution in [0.15, 0.2) is 53.4 Å². The van der Waals surface area contributed by atoms with Crippen molar-refractivity contribution in [3.8, 4) is 6.07 Å². The van der Waals surface area contributed by atoms with E-state index in [4.69, 9.17) is 5.26 Å².